The van der Waals surface area contributed by atoms with Crippen molar-refractivity contribution in [3.63, 3.8) is 0 Å². The summed E-state index contributed by atoms with van der Waals surface area (Å²) in [5.41, 5.74) is 1.34. The van der Waals surface area contributed by atoms with Gasteiger partial charge in [0.2, 0.25) is 9.47 Å². The van der Waals surface area contributed by atoms with E-state index in [1.807, 2.05) is 19.1 Å². The van der Waals surface area contributed by atoms with Crippen LogP contribution in [0.3, 0.4) is 0 Å². The quantitative estimate of drug-likeness (QED) is 0.449. The summed E-state index contributed by atoms with van der Waals surface area (Å²) in [5, 5.41) is 10.3. The molecule has 2 N–H and O–H groups in total. The van der Waals surface area contributed by atoms with Crippen molar-refractivity contribution in [2.45, 2.75) is 56.3 Å². The second-order valence-electron chi connectivity index (χ2n) is 7.49. The molecular weight excluding hydrogens is 422 g/mol. The highest BCUT2D eigenvalue weighted by atomic mass is 32.2. The molecular formula is C20H29N5O3S2. The van der Waals surface area contributed by atoms with Gasteiger partial charge in [0.05, 0.1) is 0 Å². The van der Waals surface area contributed by atoms with Crippen molar-refractivity contribution in [2.75, 3.05) is 25.0 Å². The summed E-state index contributed by atoms with van der Waals surface area (Å²) in [6.45, 7) is 6.36. The van der Waals surface area contributed by atoms with E-state index in [0.29, 0.717) is 18.2 Å². The Balaban J connectivity index is 1.51. The van der Waals surface area contributed by atoms with E-state index in [1.165, 1.54) is 19.3 Å². The minimum Gasteiger partial charge on any atom is -0.300 e. The third-order valence-corrected chi connectivity index (χ3v) is 8.05. The van der Waals surface area contributed by atoms with Gasteiger partial charge in [0.15, 0.2) is 0 Å². The van der Waals surface area contributed by atoms with Gasteiger partial charge in [-0.1, -0.05) is 42.9 Å². The third kappa shape index (κ3) is 5.84. The number of sulfonamides is 1. The predicted octanol–water partition coefficient (Wildman–Crippen LogP) is 3.03. The second kappa shape index (κ2) is 10.4. The third-order valence-electron chi connectivity index (χ3n) is 5.38. The van der Waals surface area contributed by atoms with Crippen LogP contribution in [0.5, 0.6) is 0 Å². The molecule has 1 amide bonds. The zero-order valence-electron chi connectivity index (χ0n) is 17.4. The van der Waals surface area contributed by atoms with Crippen molar-refractivity contribution in [1.82, 2.24) is 19.8 Å². The van der Waals surface area contributed by atoms with Crippen molar-refractivity contribution in [1.29, 1.82) is 0 Å². The molecule has 3 rings (SSSR count). The largest absolute Gasteiger partial charge is 0.300 e. The maximum Gasteiger partial charge on any atom is 0.269 e. The number of nitrogens with one attached hydrogen (secondary N) is 2. The molecule has 8 nitrogen and oxygen atoms in total. The molecule has 1 saturated heterocycles. The van der Waals surface area contributed by atoms with E-state index < -0.39 is 10.0 Å². The Morgan fingerprint density at radius 1 is 1.27 bits per heavy atom. The van der Waals surface area contributed by atoms with Crippen LogP contribution in [-0.2, 0) is 10.0 Å². The van der Waals surface area contributed by atoms with Crippen LogP contribution in [0, 0.1) is 6.92 Å². The van der Waals surface area contributed by atoms with Crippen LogP contribution in [0.1, 0.15) is 54.9 Å². The van der Waals surface area contributed by atoms with Gasteiger partial charge in [-0.3, -0.25) is 10.1 Å². The number of benzene rings is 1. The molecule has 1 aliphatic rings. The SMILES string of the molecule is CC[C@H]1CCCCN1CCCNS(=O)(=O)c1nnc(NC(=O)c2ccccc2C)s1. The molecule has 30 heavy (non-hydrogen) atoms. The molecule has 0 unspecified atom stereocenters. The zero-order valence-corrected chi connectivity index (χ0v) is 19.1. The fraction of sp³-hybridized carbons (Fsp3) is 0.550. The van der Waals surface area contributed by atoms with E-state index in [0.717, 1.165) is 42.8 Å². The summed E-state index contributed by atoms with van der Waals surface area (Å²) >= 11 is 0.844. The fourth-order valence-electron chi connectivity index (χ4n) is 3.73. The van der Waals surface area contributed by atoms with Crippen LogP contribution in [0.4, 0.5) is 5.13 Å². The number of aryl methyl sites for hydroxylation is 1. The van der Waals surface area contributed by atoms with Crippen LogP contribution in [0.25, 0.3) is 0 Å². The molecule has 1 aromatic carbocycles. The van der Waals surface area contributed by atoms with Gasteiger partial charge in [-0.2, -0.15) is 0 Å². The lowest BCUT2D eigenvalue weighted by molar-refractivity contribution is 0.102. The molecule has 1 atom stereocenters. The smallest absolute Gasteiger partial charge is 0.269 e. The number of rotatable bonds is 9. The molecule has 10 heteroatoms. The molecule has 164 valence electrons. The van der Waals surface area contributed by atoms with Crippen molar-refractivity contribution in [2.24, 2.45) is 0 Å². The molecule has 2 heterocycles. The van der Waals surface area contributed by atoms with Gasteiger partial charge in [0.1, 0.15) is 0 Å². The Morgan fingerprint density at radius 3 is 2.83 bits per heavy atom. The summed E-state index contributed by atoms with van der Waals surface area (Å²) in [6.07, 6.45) is 5.59. The highest BCUT2D eigenvalue weighted by molar-refractivity contribution is 7.91. The topological polar surface area (TPSA) is 104 Å². The van der Waals surface area contributed by atoms with E-state index in [9.17, 15) is 13.2 Å². The van der Waals surface area contributed by atoms with Gasteiger partial charge in [0, 0.05) is 18.2 Å². The van der Waals surface area contributed by atoms with Gasteiger partial charge < -0.3 is 4.90 Å². The number of aromatic nitrogens is 2. The molecule has 0 radical (unpaired) electrons. The van der Waals surface area contributed by atoms with E-state index in [4.69, 9.17) is 0 Å². The normalized spacial score (nSPS) is 17.7. The minimum absolute atomic E-state index is 0.146. The average Bonchev–Trinajstić information content (AvgIpc) is 3.21. The standard InChI is InChI=1S/C20H29N5O3S2/c1-3-16-10-6-7-13-25(16)14-8-12-21-30(27,28)20-24-23-19(29-20)22-18(26)17-11-5-4-9-15(17)2/h4-5,9,11,16,21H,3,6-8,10,12-14H2,1-2H3,(H,22,23,26)/t16-/m0/s1. The lowest BCUT2D eigenvalue weighted by Gasteiger charge is -2.35. The Hall–Kier alpha value is -1.88. The number of anilines is 1. The Kier molecular flexibility index (Phi) is 7.93. The Morgan fingerprint density at radius 2 is 2.07 bits per heavy atom. The first kappa shape index (κ1) is 22.8. The van der Waals surface area contributed by atoms with Crippen LogP contribution in [0.15, 0.2) is 28.6 Å². The molecule has 1 aromatic heterocycles. The number of amides is 1. The van der Waals surface area contributed by atoms with E-state index in [2.05, 4.69) is 32.1 Å². The number of hydrogen-bond acceptors (Lipinski definition) is 7. The van der Waals surface area contributed by atoms with E-state index in [1.54, 1.807) is 12.1 Å². The van der Waals surface area contributed by atoms with Crippen molar-refractivity contribution >= 4 is 32.4 Å². The first-order chi connectivity index (χ1) is 14.4. The number of carbonyl (C=O) groups is 1. The molecule has 1 fully saturated rings. The molecule has 2 aromatic rings. The van der Waals surface area contributed by atoms with Gasteiger partial charge in [-0.25, -0.2) is 13.1 Å². The maximum atomic E-state index is 12.5. The first-order valence-electron chi connectivity index (χ1n) is 10.3. The molecule has 1 aliphatic heterocycles. The monoisotopic (exact) mass is 451 g/mol. The number of carbonyl (C=O) groups excluding carboxylic acids is 1. The number of piperidine rings is 1. The summed E-state index contributed by atoms with van der Waals surface area (Å²) in [4.78, 5) is 14.8. The highest BCUT2D eigenvalue weighted by Crippen LogP contribution is 2.22. The summed E-state index contributed by atoms with van der Waals surface area (Å²) < 4.78 is 27.4. The zero-order chi connectivity index (χ0) is 21.6. The van der Waals surface area contributed by atoms with Gasteiger partial charge >= 0.3 is 0 Å². The lowest BCUT2D eigenvalue weighted by atomic mass is 10.00. The summed E-state index contributed by atoms with van der Waals surface area (Å²) in [7, 11) is -3.75. The van der Waals surface area contributed by atoms with Crippen molar-refractivity contribution in [3.05, 3.63) is 35.4 Å². The molecule has 0 bridgehead atoms. The fourth-order valence-corrected chi connectivity index (χ4v) is 5.74. The number of hydrogen-bond donors (Lipinski definition) is 2. The lowest BCUT2D eigenvalue weighted by Crippen LogP contribution is -2.40. The molecule has 0 aliphatic carbocycles. The molecule has 0 spiro atoms. The van der Waals surface area contributed by atoms with E-state index >= 15 is 0 Å². The van der Waals surface area contributed by atoms with Crippen LogP contribution >= 0.6 is 11.3 Å². The van der Waals surface area contributed by atoms with Crippen molar-refractivity contribution in [3.8, 4) is 0 Å². The van der Waals surface area contributed by atoms with Gasteiger partial charge in [0.25, 0.3) is 15.9 Å². The van der Waals surface area contributed by atoms with Crippen LogP contribution in [-0.4, -0.2) is 55.1 Å². The van der Waals surface area contributed by atoms with Crippen LogP contribution < -0.4 is 10.0 Å². The second-order valence-corrected chi connectivity index (χ2v) is 10.4. The van der Waals surface area contributed by atoms with Crippen molar-refractivity contribution < 1.29 is 13.2 Å². The number of nitrogens with zero attached hydrogens (tertiary/aromatic N) is 3. The highest BCUT2D eigenvalue weighted by Gasteiger charge is 2.23. The Labute approximate surface area is 182 Å². The minimum atomic E-state index is -3.75. The van der Waals surface area contributed by atoms with Gasteiger partial charge in [-0.15, -0.1) is 10.2 Å². The summed E-state index contributed by atoms with van der Waals surface area (Å²) in [5.74, 6) is -0.340. The molecule has 0 saturated carbocycles. The van der Waals surface area contributed by atoms with Gasteiger partial charge in [-0.05, 0) is 57.3 Å². The maximum absolute atomic E-state index is 12.5. The first-order valence-corrected chi connectivity index (χ1v) is 12.6. The average molecular weight is 452 g/mol. The van der Waals surface area contributed by atoms with E-state index in [-0.39, 0.29) is 15.4 Å². The number of likely N-dealkylation sites (tertiary alicyclic amines) is 1. The van der Waals surface area contributed by atoms with Crippen LogP contribution in [0.2, 0.25) is 0 Å². The summed E-state index contributed by atoms with van der Waals surface area (Å²) in [6, 6.07) is 7.77. The predicted molar refractivity (Wildman–Crippen MR) is 118 cm³/mol. The Bertz CT molecular complexity index is 961.